The molecule has 0 bridgehead atoms. The molecule has 1 aliphatic carbocycles. The molecule has 3 amide bonds. The number of carbonyl (C=O) groups is 2. The van der Waals surface area contributed by atoms with Gasteiger partial charge in [-0.2, -0.15) is 0 Å². The first-order valence-corrected chi connectivity index (χ1v) is 7.52. The molecule has 1 spiro atoms. The van der Waals surface area contributed by atoms with Crippen molar-refractivity contribution in [3.05, 3.63) is 0 Å². The van der Waals surface area contributed by atoms with Gasteiger partial charge in [0.05, 0.1) is 6.54 Å². The third-order valence-electron chi connectivity index (χ3n) is 5.35. The van der Waals surface area contributed by atoms with E-state index < -0.39 is 6.03 Å². The van der Waals surface area contributed by atoms with Crippen LogP contribution in [0.15, 0.2) is 0 Å². The molecular formula is C14H23N3O3. The standard InChI is InChI=1S/C14H23N3O3/c15-13(19)16-12(18)8-17-9-14(4-6-20-7-5-14)10-2-1-3-11(10)17/h10-11H,1-9H2,(H3,15,16,18,19)/t10-,11+/m1/s1. The number of hydrogen-bond acceptors (Lipinski definition) is 4. The summed E-state index contributed by atoms with van der Waals surface area (Å²) in [4.78, 5) is 24.8. The third kappa shape index (κ3) is 2.42. The largest absolute Gasteiger partial charge is 0.381 e. The van der Waals surface area contributed by atoms with Gasteiger partial charge in [-0.15, -0.1) is 0 Å². The summed E-state index contributed by atoms with van der Waals surface area (Å²) in [6.45, 7) is 2.92. The van der Waals surface area contributed by atoms with E-state index in [1.54, 1.807) is 0 Å². The molecule has 0 aromatic rings. The monoisotopic (exact) mass is 281 g/mol. The molecule has 0 aromatic heterocycles. The van der Waals surface area contributed by atoms with Crippen LogP contribution in [-0.4, -0.2) is 49.2 Å². The summed E-state index contributed by atoms with van der Waals surface area (Å²) in [6.07, 6.45) is 5.87. The van der Waals surface area contributed by atoms with Gasteiger partial charge in [-0.1, -0.05) is 6.42 Å². The number of nitrogens with one attached hydrogen (secondary N) is 1. The lowest BCUT2D eigenvalue weighted by Crippen LogP contribution is -2.44. The van der Waals surface area contributed by atoms with Crippen molar-refractivity contribution < 1.29 is 14.3 Å². The van der Waals surface area contributed by atoms with E-state index in [1.807, 2.05) is 0 Å². The Bertz CT molecular complexity index is 406. The van der Waals surface area contributed by atoms with Crippen molar-refractivity contribution in [3.8, 4) is 0 Å². The summed E-state index contributed by atoms with van der Waals surface area (Å²) < 4.78 is 5.51. The number of nitrogens with two attached hydrogens (primary N) is 1. The first-order chi connectivity index (χ1) is 9.61. The van der Waals surface area contributed by atoms with Crippen LogP contribution in [0.3, 0.4) is 0 Å². The van der Waals surface area contributed by atoms with E-state index in [4.69, 9.17) is 10.5 Å². The van der Waals surface area contributed by atoms with Gasteiger partial charge in [-0.3, -0.25) is 15.0 Å². The lowest BCUT2D eigenvalue weighted by molar-refractivity contribution is -0.121. The first-order valence-electron chi connectivity index (χ1n) is 7.52. The average molecular weight is 281 g/mol. The van der Waals surface area contributed by atoms with Crippen molar-refractivity contribution in [2.45, 2.75) is 38.1 Å². The molecule has 3 rings (SSSR count). The van der Waals surface area contributed by atoms with E-state index in [0.717, 1.165) is 39.0 Å². The predicted molar refractivity (Wildman–Crippen MR) is 72.9 cm³/mol. The van der Waals surface area contributed by atoms with Crippen LogP contribution in [-0.2, 0) is 9.53 Å². The minimum absolute atomic E-state index is 0.284. The zero-order valence-electron chi connectivity index (χ0n) is 11.8. The smallest absolute Gasteiger partial charge is 0.318 e. The second kappa shape index (κ2) is 5.33. The van der Waals surface area contributed by atoms with Crippen LogP contribution in [0.2, 0.25) is 0 Å². The van der Waals surface area contributed by atoms with E-state index in [1.165, 1.54) is 12.8 Å². The minimum atomic E-state index is -0.766. The Kier molecular flexibility index (Phi) is 3.69. The Morgan fingerprint density at radius 3 is 2.75 bits per heavy atom. The van der Waals surface area contributed by atoms with Crippen molar-refractivity contribution in [2.24, 2.45) is 17.1 Å². The molecule has 0 unspecified atom stereocenters. The van der Waals surface area contributed by atoms with Gasteiger partial charge in [-0.25, -0.2) is 4.79 Å². The lowest BCUT2D eigenvalue weighted by atomic mass is 9.71. The molecule has 0 radical (unpaired) electrons. The van der Waals surface area contributed by atoms with Crippen molar-refractivity contribution in [3.63, 3.8) is 0 Å². The molecule has 3 fully saturated rings. The molecule has 2 atom stereocenters. The summed E-state index contributed by atoms with van der Waals surface area (Å²) in [5.74, 6) is 0.403. The molecule has 112 valence electrons. The molecule has 6 heteroatoms. The lowest BCUT2D eigenvalue weighted by Gasteiger charge is -2.37. The fraction of sp³-hybridized carbons (Fsp3) is 0.857. The number of primary amides is 1. The minimum Gasteiger partial charge on any atom is -0.381 e. The highest BCUT2D eigenvalue weighted by Crippen LogP contribution is 2.53. The highest BCUT2D eigenvalue weighted by Gasteiger charge is 2.54. The number of hydrogen-bond donors (Lipinski definition) is 2. The van der Waals surface area contributed by atoms with Crippen LogP contribution < -0.4 is 11.1 Å². The Morgan fingerprint density at radius 1 is 1.30 bits per heavy atom. The van der Waals surface area contributed by atoms with Gasteiger partial charge in [-0.05, 0) is 37.0 Å². The summed E-state index contributed by atoms with van der Waals surface area (Å²) in [5, 5.41) is 2.17. The number of nitrogens with zero attached hydrogens (tertiary/aromatic N) is 1. The van der Waals surface area contributed by atoms with Gasteiger partial charge in [0.15, 0.2) is 0 Å². The summed E-state index contributed by atoms with van der Waals surface area (Å²) in [7, 11) is 0. The average Bonchev–Trinajstić information content (AvgIpc) is 2.95. The van der Waals surface area contributed by atoms with Crippen LogP contribution in [0.5, 0.6) is 0 Å². The molecule has 2 aliphatic heterocycles. The van der Waals surface area contributed by atoms with Crippen molar-refractivity contribution >= 4 is 11.9 Å². The normalized spacial score (nSPS) is 32.2. The van der Waals surface area contributed by atoms with Crippen LogP contribution in [0.1, 0.15) is 32.1 Å². The second-order valence-electron chi connectivity index (χ2n) is 6.40. The molecule has 3 aliphatic rings. The topological polar surface area (TPSA) is 84.7 Å². The maximum Gasteiger partial charge on any atom is 0.318 e. The van der Waals surface area contributed by atoms with Crippen molar-refractivity contribution in [2.75, 3.05) is 26.3 Å². The quantitative estimate of drug-likeness (QED) is 0.770. The molecule has 6 nitrogen and oxygen atoms in total. The number of rotatable bonds is 2. The van der Waals surface area contributed by atoms with Crippen molar-refractivity contribution in [1.29, 1.82) is 0 Å². The second-order valence-corrected chi connectivity index (χ2v) is 6.40. The molecule has 2 saturated heterocycles. The number of imide groups is 1. The van der Waals surface area contributed by atoms with E-state index in [0.29, 0.717) is 17.4 Å². The number of urea groups is 1. The van der Waals surface area contributed by atoms with Gasteiger partial charge in [0.2, 0.25) is 5.91 Å². The Balaban J connectivity index is 1.70. The molecule has 20 heavy (non-hydrogen) atoms. The Morgan fingerprint density at radius 2 is 2.05 bits per heavy atom. The molecular weight excluding hydrogens is 258 g/mol. The number of fused-ring (bicyclic) bond motifs is 2. The third-order valence-corrected chi connectivity index (χ3v) is 5.35. The molecule has 2 heterocycles. The van der Waals surface area contributed by atoms with E-state index >= 15 is 0 Å². The zero-order chi connectivity index (χ0) is 14.2. The first kappa shape index (κ1) is 13.8. The van der Waals surface area contributed by atoms with Crippen molar-refractivity contribution in [1.82, 2.24) is 10.2 Å². The summed E-state index contributed by atoms with van der Waals surface area (Å²) in [6, 6.07) is -0.273. The summed E-state index contributed by atoms with van der Waals surface area (Å²) in [5.41, 5.74) is 5.33. The molecule has 1 saturated carbocycles. The molecule has 0 aromatic carbocycles. The van der Waals surface area contributed by atoms with Gasteiger partial charge < -0.3 is 10.5 Å². The van der Waals surface area contributed by atoms with Crippen LogP contribution in [0.4, 0.5) is 4.79 Å². The number of amides is 3. The van der Waals surface area contributed by atoms with E-state index in [9.17, 15) is 9.59 Å². The summed E-state index contributed by atoms with van der Waals surface area (Å²) >= 11 is 0. The number of ether oxygens (including phenoxy) is 1. The SMILES string of the molecule is NC(=O)NC(=O)CN1CC2(CCOCC2)[C@@H]2CCC[C@@H]21. The van der Waals surface area contributed by atoms with Crippen LogP contribution >= 0.6 is 0 Å². The maximum atomic E-state index is 11.8. The fourth-order valence-electron chi connectivity index (χ4n) is 4.57. The molecule has 3 N–H and O–H groups in total. The van der Waals surface area contributed by atoms with Crippen LogP contribution in [0.25, 0.3) is 0 Å². The zero-order valence-corrected chi connectivity index (χ0v) is 11.8. The predicted octanol–water partition coefficient (Wildman–Crippen LogP) is 0.462. The van der Waals surface area contributed by atoms with E-state index in [-0.39, 0.29) is 12.5 Å². The van der Waals surface area contributed by atoms with Gasteiger partial charge in [0.1, 0.15) is 0 Å². The van der Waals surface area contributed by atoms with Gasteiger partial charge in [0, 0.05) is 25.8 Å². The Labute approximate surface area is 119 Å². The highest BCUT2D eigenvalue weighted by molar-refractivity contribution is 5.94. The number of carbonyl (C=O) groups excluding carboxylic acids is 2. The van der Waals surface area contributed by atoms with E-state index in [2.05, 4.69) is 10.2 Å². The Hall–Kier alpha value is -1.14. The van der Waals surface area contributed by atoms with Gasteiger partial charge in [0.25, 0.3) is 0 Å². The maximum absolute atomic E-state index is 11.8. The van der Waals surface area contributed by atoms with Gasteiger partial charge >= 0.3 is 6.03 Å². The number of likely N-dealkylation sites (tertiary alicyclic amines) is 1. The van der Waals surface area contributed by atoms with Crippen LogP contribution in [0, 0.1) is 11.3 Å². The fourth-order valence-corrected chi connectivity index (χ4v) is 4.57. The highest BCUT2D eigenvalue weighted by atomic mass is 16.5.